The van der Waals surface area contributed by atoms with E-state index in [1.165, 1.54) is 13.0 Å². The normalized spacial score (nSPS) is 23.0. The van der Waals surface area contributed by atoms with Crippen molar-refractivity contribution in [1.82, 2.24) is 5.32 Å². The van der Waals surface area contributed by atoms with Crippen molar-refractivity contribution in [2.24, 2.45) is 16.8 Å². The van der Waals surface area contributed by atoms with Crippen molar-refractivity contribution in [2.75, 3.05) is 6.54 Å². The summed E-state index contributed by atoms with van der Waals surface area (Å²) >= 11 is 0. The van der Waals surface area contributed by atoms with Crippen molar-refractivity contribution in [2.45, 2.75) is 43.5 Å². The summed E-state index contributed by atoms with van der Waals surface area (Å²) in [7, 11) is -3.89. The fraction of sp³-hybridized carbons (Fsp3) is 0.615. The molecule has 2 atom stereocenters. The minimum absolute atomic E-state index is 0.000380. The molecule has 21 heavy (non-hydrogen) atoms. The molecule has 1 aromatic rings. The average molecular weight is 315 g/mol. The summed E-state index contributed by atoms with van der Waals surface area (Å²) in [6, 6.07) is 1.17. The van der Waals surface area contributed by atoms with Crippen LogP contribution in [0.5, 0.6) is 0 Å². The van der Waals surface area contributed by atoms with E-state index in [-0.39, 0.29) is 28.4 Å². The third-order valence-electron chi connectivity index (χ3n) is 3.93. The number of hydrogen-bond donors (Lipinski definition) is 3. The number of carbonyl (C=O) groups excluding carboxylic acids is 1. The van der Waals surface area contributed by atoms with Gasteiger partial charge in [-0.1, -0.05) is 12.8 Å². The number of aryl methyl sites for hydroxylation is 1. The van der Waals surface area contributed by atoms with E-state index in [9.17, 15) is 13.2 Å². The van der Waals surface area contributed by atoms with Crippen LogP contribution in [0.2, 0.25) is 0 Å². The van der Waals surface area contributed by atoms with Crippen LogP contribution in [0.4, 0.5) is 0 Å². The van der Waals surface area contributed by atoms with E-state index in [2.05, 4.69) is 5.32 Å². The third-order valence-corrected chi connectivity index (χ3v) is 4.95. The molecular formula is C13H21N3O4S. The summed E-state index contributed by atoms with van der Waals surface area (Å²) in [6.07, 6.45) is 4.02. The molecule has 0 bridgehead atoms. The Hall–Kier alpha value is -1.38. The quantitative estimate of drug-likeness (QED) is 0.744. The Labute approximate surface area is 124 Å². The lowest BCUT2D eigenvalue weighted by Crippen LogP contribution is -2.44. The average Bonchev–Trinajstić information content (AvgIpc) is 2.81. The first-order valence-corrected chi connectivity index (χ1v) is 8.51. The van der Waals surface area contributed by atoms with Crippen LogP contribution in [0, 0.1) is 12.8 Å². The fourth-order valence-electron chi connectivity index (χ4n) is 2.78. The number of rotatable bonds is 4. The summed E-state index contributed by atoms with van der Waals surface area (Å²) in [5, 5.41) is 7.94. The highest BCUT2D eigenvalue weighted by molar-refractivity contribution is 7.89. The van der Waals surface area contributed by atoms with E-state index in [1.54, 1.807) is 0 Å². The van der Waals surface area contributed by atoms with Gasteiger partial charge < -0.3 is 15.5 Å². The van der Waals surface area contributed by atoms with Crippen LogP contribution in [0.1, 0.15) is 42.0 Å². The van der Waals surface area contributed by atoms with Crippen molar-refractivity contribution in [3.63, 3.8) is 0 Å². The Kier molecular flexibility index (Phi) is 4.70. The smallest absolute Gasteiger partial charge is 0.287 e. The Morgan fingerprint density at radius 3 is 2.67 bits per heavy atom. The molecule has 0 saturated heterocycles. The van der Waals surface area contributed by atoms with Crippen LogP contribution in [-0.4, -0.2) is 26.9 Å². The summed E-state index contributed by atoms with van der Waals surface area (Å²) in [6.45, 7) is 1.98. The Morgan fingerprint density at radius 1 is 1.43 bits per heavy atom. The maximum atomic E-state index is 12.2. The van der Waals surface area contributed by atoms with Gasteiger partial charge in [0.2, 0.25) is 10.0 Å². The van der Waals surface area contributed by atoms with Crippen molar-refractivity contribution >= 4 is 15.9 Å². The molecule has 1 heterocycles. The van der Waals surface area contributed by atoms with Crippen LogP contribution in [0.15, 0.2) is 15.4 Å². The molecule has 2 unspecified atom stereocenters. The highest BCUT2D eigenvalue weighted by Crippen LogP contribution is 2.24. The molecule has 0 radical (unpaired) electrons. The molecular weight excluding hydrogens is 294 g/mol. The first-order valence-electron chi connectivity index (χ1n) is 6.97. The standard InChI is InChI=1S/C13H21N3O4S/c1-8-12(21(15,18)19)6-11(20-8)13(17)16-10-5-3-2-4-9(10)7-14/h6,9-10H,2-5,7,14H2,1H3,(H,16,17)(H2,15,18,19). The molecule has 8 heteroatoms. The Morgan fingerprint density at radius 2 is 2.10 bits per heavy atom. The maximum Gasteiger partial charge on any atom is 0.287 e. The second kappa shape index (κ2) is 6.17. The first-order chi connectivity index (χ1) is 9.82. The van der Waals surface area contributed by atoms with Crippen LogP contribution < -0.4 is 16.2 Å². The van der Waals surface area contributed by atoms with E-state index in [1.807, 2.05) is 0 Å². The minimum atomic E-state index is -3.89. The molecule has 0 spiro atoms. The number of nitrogens with two attached hydrogens (primary N) is 2. The monoisotopic (exact) mass is 315 g/mol. The molecule has 1 aliphatic carbocycles. The van der Waals surface area contributed by atoms with Gasteiger partial charge in [0.1, 0.15) is 10.7 Å². The number of primary sulfonamides is 1. The molecule has 1 fully saturated rings. The fourth-order valence-corrected chi connectivity index (χ4v) is 3.49. The first kappa shape index (κ1) is 16.0. The molecule has 1 aromatic heterocycles. The zero-order chi connectivity index (χ0) is 15.6. The third kappa shape index (κ3) is 3.63. The molecule has 118 valence electrons. The zero-order valence-electron chi connectivity index (χ0n) is 12.0. The summed E-state index contributed by atoms with van der Waals surface area (Å²) in [5.41, 5.74) is 5.72. The van der Waals surface area contributed by atoms with E-state index in [4.69, 9.17) is 15.3 Å². The van der Waals surface area contributed by atoms with Crippen molar-refractivity contribution in [3.05, 3.63) is 17.6 Å². The van der Waals surface area contributed by atoms with Gasteiger partial charge in [-0.15, -0.1) is 0 Å². The summed E-state index contributed by atoms with van der Waals surface area (Å²) < 4.78 is 27.9. The Balaban J connectivity index is 2.13. The number of furan rings is 1. The van der Waals surface area contributed by atoms with Crippen molar-refractivity contribution < 1.29 is 17.6 Å². The minimum Gasteiger partial charge on any atom is -0.455 e. The van der Waals surface area contributed by atoms with Crippen LogP contribution >= 0.6 is 0 Å². The molecule has 0 aliphatic heterocycles. The second-order valence-corrected chi connectivity index (χ2v) is 6.97. The lowest BCUT2D eigenvalue weighted by Gasteiger charge is -2.30. The van der Waals surface area contributed by atoms with Gasteiger partial charge in [0, 0.05) is 12.1 Å². The number of carbonyl (C=O) groups is 1. The van der Waals surface area contributed by atoms with E-state index >= 15 is 0 Å². The molecule has 1 amide bonds. The van der Waals surface area contributed by atoms with Gasteiger partial charge >= 0.3 is 0 Å². The SMILES string of the molecule is Cc1oc(C(=O)NC2CCCCC2CN)cc1S(N)(=O)=O. The number of nitrogens with one attached hydrogen (secondary N) is 1. The summed E-state index contributed by atoms with van der Waals surface area (Å²) in [5.74, 6) is -0.116. The highest BCUT2D eigenvalue weighted by Gasteiger charge is 2.28. The van der Waals surface area contributed by atoms with Crippen LogP contribution in [0.25, 0.3) is 0 Å². The predicted molar refractivity (Wildman–Crippen MR) is 77.1 cm³/mol. The largest absolute Gasteiger partial charge is 0.455 e. The predicted octanol–water partition coefficient (Wildman–Crippen LogP) is 0.483. The molecule has 0 aromatic carbocycles. The Bertz CT molecular complexity index is 623. The van der Waals surface area contributed by atoms with Gasteiger partial charge in [0.25, 0.3) is 5.91 Å². The lowest BCUT2D eigenvalue weighted by atomic mass is 9.84. The van der Waals surface area contributed by atoms with Crippen molar-refractivity contribution in [3.8, 4) is 0 Å². The van der Waals surface area contributed by atoms with Crippen LogP contribution in [-0.2, 0) is 10.0 Å². The second-order valence-electron chi connectivity index (χ2n) is 5.44. The van der Waals surface area contributed by atoms with Gasteiger partial charge in [-0.2, -0.15) is 0 Å². The lowest BCUT2D eigenvalue weighted by molar-refractivity contribution is 0.0878. The van der Waals surface area contributed by atoms with Gasteiger partial charge in [-0.05, 0) is 32.2 Å². The van der Waals surface area contributed by atoms with Gasteiger partial charge in [-0.25, -0.2) is 13.6 Å². The zero-order valence-corrected chi connectivity index (χ0v) is 12.8. The highest BCUT2D eigenvalue weighted by atomic mass is 32.2. The topological polar surface area (TPSA) is 128 Å². The number of hydrogen-bond acceptors (Lipinski definition) is 5. The van der Waals surface area contributed by atoms with E-state index in [0.29, 0.717) is 6.54 Å². The van der Waals surface area contributed by atoms with E-state index in [0.717, 1.165) is 25.7 Å². The van der Waals surface area contributed by atoms with Gasteiger partial charge in [-0.3, -0.25) is 4.79 Å². The van der Waals surface area contributed by atoms with Crippen molar-refractivity contribution in [1.29, 1.82) is 0 Å². The summed E-state index contributed by atoms with van der Waals surface area (Å²) in [4.78, 5) is 12.0. The molecule has 2 rings (SSSR count). The molecule has 5 N–H and O–H groups in total. The number of amides is 1. The maximum absolute atomic E-state index is 12.2. The van der Waals surface area contributed by atoms with Gasteiger partial charge in [0.05, 0.1) is 0 Å². The molecule has 1 saturated carbocycles. The van der Waals surface area contributed by atoms with Gasteiger partial charge in [0.15, 0.2) is 5.76 Å². The molecule has 7 nitrogen and oxygen atoms in total. The van der Waals surface area contributed by atoms with E-state index < -0.39 is 15.9 Å². The van der Waals surface area contributed by atoms with Crippen LogP contribution in [0.3, 0.4) is 0 Å². The molecule has 1 aliphatic rings. The number of sulfonamides is 1.